The molecule has 0 radical (unpaired) electrons. The Labute approximate surface area is 145 Å². The quantitative estimate of drug-likeness (QED) is 0.594. The van der Waals surface area contributed by atoms with Gasteiger partial charge in [0, 0.05) is 12.0 Å². The fraction of sp³-hybridized carbons (Fsp3) is 0.409. The van der Waals surface area contributed by atoms with Gasteiger partial charge in [0.2, 0.25) is 0 Å². The van der Waals surface area contributed by atoms with Gasteiger partial charge in [0.05, 0.1) is 11.0 Å². The summed E-state index contributed by atoms with van der Waals surface area (Å²) >= 11 is 0. The summed E-state index contributed by atoms with van der Waals surface area (Å²) in [6, 6.07) is 17.4. The maximum Gasteiger partial charge on any atom is 0.115 e. The SMILES string of the molecule is CC(C)(C)c1ccc(Cn2c(C(C)(C)C)nc3ccccc32)cc1. The Morgan fingerprint density at radius 1 is 0.792 bits per heavy atom. The molecular formula is C22H28N2. The summed E-state index contributed by atoms with van der Waals surface area (Å²) < 4.78 is 2.36. The standard InChI is InChI=1S/C22H28N2/c1-21(2,3)17-13-11-16(12-14-17)15-24-19-10-8-7-9-18(19)23-20(24)22(4,5)6/h7-14H,15H2,1-6H3. The summed E-state index contributed by atoms with van der Waals surface area (Å²) in [6.07, 6.45) is 0. The van der Waals surface area contributed by atoms with Gasteiger partial charge in [-0.2, -0.15) is 0 Å². The summed E-state index contributed by atoms with van der Waals surface area (Å²) in [7, 11) is 0. The molecule has 2 nitrogen and oxygen atoms in total. The zero-order chi connectivity index (χ0) is 17.5. The lowest BCUT2D eigenvalue weighted by Gasteiger charge is -2.21. The number of imidazole rings is 1. The Bertz CT molecular complexity index is 840. The van der Waals surface area contributed by atoms with Crippen LogP contribution in [0.25, 0.3) is 11.0 Å². The van der Waals surface area contributed by atoms with E-state index >= 15 is 0 Å². The van der Waals surface area contributed by atoms with Gasteiger partial charge in [0.1, 0.15) is 5.82 Å². The van der Waals surface area contributed by atoms with Crippen molar-refractivity contribution in [3.8, 4) is 0 Å². The highest BCUT2D eigenvalue weighted by molar-refractivity contribution is 5.76. The first-order valence-electron chi connectivity index (χ1n) is 8.71. The maximum absolute atomic E-state index is 4.90. The second-order valence-corrected chi connectivity index (χ2v) is 8.71. The van der Waals surface area contributed by atoms with Crippen molar-refractivity contribution in [2.75, 3.05) is 0 Å². The van der Waals surface area contributed by atoms with Gasteiger partial charge in [-0.15, -0.1) is 0 Å². The molecule has 0 aliphatic rings. The number of benzene rings is 2. The first-order valence-corrected chi connectivity index (χ1v) is 8.71. The van der Waals surface area contributed by atoms with Crippen LogP contribution in [0.1, 0.15) is 58.5 Å². The third kappa shape index (κ3) is 3.24. The summed E-state index contributed by atoms with van der Waals surface area (Å²) in [5, 5.41) is 0. The molecule has 0 aliphatic carbocycles. The number of hydrogen-bond acceptors (Lipinski definition) is 1. The lowest BCUT2D eigenvalue weighted by Crippen LogP contribution is -2.19. The van der Waals surface area contributed by atoms with Crippen molar-refractivity contribution < 1.29 is 0 Å². The average molecular weight is 320 g/mol. The fourth-order valence-corrected chi connectivity index (χ4v) is 3.10. The van der Waals surface area contributed by atoms with Gasteiger partial charge in [-0.25, -0.2) is 4.98 Å². The van der Waals surface area contributed by atoms with Crippen LogP contribution in [0.15, 0.2) is 48.5 Å². The van der Waals surface area contributed by atoms with E-state index in [0.717, 1.165) is 17.9 Å². The predicted octanol–water partition coefficient (Wildman–Crippen LogP) is 5.68. The number of rotatable bonds is 2. The summed E-state index contributed by atoms with van der Waals surface area (Å²) in [6.45, 7) is 14.3. The van der Waals surface area contributed by atoms with Gasteiger partial charge < -0.3 is 4.57 Å². The van der Waals surface area contributed by atoms with Crippen molar-refractivity contribution in [2.24, 2.45) is 0 Å². The molecule has 1 heterocycles. The van der Waals surface area contributed by atoms with E-state index < -0.39 is 0 Å². The topological polar surface area (TPSA) is 17.8 Å². The van der Waals surface area contributed by atoms with E-state index in [1.165, 1.54) is 16.6 Å². The summed E-state index contributed by atoms with van der Waals surface area (Å²) in [4.78, 5) is 4.90. The first kappa shape index (κ1) is 16.8. The first-order chi connectivity index (χ1) is 11.2. The minimum absolute atomic E-state index is 0.0182. The zero-order valence-corrected chi connectivity index (χ0v) is 15.7. The Morgan fingerprint density at radius 2 is 1.42 bits per heavy atom. The number of fused-ring (bicyclic) bond motifs is 1. The van der Waals surface area contributed by atoms with Gasteiger partial charge in [-0.3, -0.25) is 0 Å². The third-order valence-electron chi connectivity index (χ3n) is 4.49. The number of aromatic nitrogens is 2. The monoisotopic (exact) mass is 320 g/mol. The van der Waals surface area contributed by atoms with Gasteiger partial charge in [0.25, 0.3) is 0 Å². The molecule has 0 saturated carbocycles. The minimum atomic E-state index is 0.0182. The van der Waals surface area contributed by atoms with Crippen LogP contribution in [0.2, 0.25) is 0 Å². The van der Waals surface area contributed by atoms with Gasteiger partial charge in [-0.1, -0.05) is 77.9 Å². The van der Waals surface area contributed by atoms with Crippen molar-refractivity contribution in [2.45, 2.75) is 58.9 Å². The Hall–Kier alpha value is -2.09. The fourth-order valence-electron chi connectivity index (χ4n) is 3.10. The molecule has 0 fully saturated rings. The highest BCUT2D eigenvalue weighted by atomic mass is 15.1. The molecule has 2 aromatic carbocycles. The van der Waals surface area contributed by atoms with E-state index in [9.17, 15) is 0 Å². The molecule has 126 valence electrons. The van der Waals surface area contributed by atoms with E-state index in [1.54, 1.807) is 0 Å². The molecule has 0 bridgehead atoms. The van der Waals surface area contributed by atoms with Crippen LogP contribution in [-0.4, -0.2) is 9.55 Å². The third-order valence-corrected chi connectivity index (χ3v) is 4.49. The molecule has 0 amide bonds. The van der Waals surface area contributed by atoms with Gasteiger partial charge in [-0.05, 0) is 28.7 Å². The average Bonchev–Trinajstić information content (AvgIpc) is 2.86. The van der Waals surface area contributed by atoms with Gasteiger partial charge >= 0.3 is 0 Å². The van der Waals surface area contributed by atoms with Crippen LogP contribution >= 0.6 is 0 Å². The molecule has 0 aliphatic heterocycles. The Balaban J connectivity index is 2.03. The number of para-hydroxylation sites is 2. The van der Waals surface area contributed by atoms with Crippen molar-refractivity contribution in [3.63, 3.8) is 0 Å². The molecule has 0 N–H and O–H groups in total. The van der Waals surface area contributed by atoms with Crippen LogP contribution in [0.5, 0.6) is 0 Å². The maximum atomic E-state index is 4.90. The summed E-state index contributed by atoms with van der Waals surface area (Å²) in [5.41, 5.74) is 5.19. The molecule has 3 rings (SSSR count). The Morgan fingerprint density at radius 3 is 2.00 bits per heavy atom. The van der Waals surface area contributed by atoms with E-state index in [0.29, 0.717) is 0 Å². The highest BCUT2D eigenvalue weighted by Crippen LogP contribution is 2.28. The largest absolute Gasteiger partial charge is 0.323 e. The van der Waals surface area contributed by atoms with Crippen LogP contribution < -0.4 is 0 Å². The van der Waals surface area contributed by atoms with Crippen LogP contribution in [0, 0.1) is 0 Å². The summed E-state index contributed by atoms with van der Waals surface area (Å²) in [5.74, 6) is 1.14. The molecule has 0 spiro atoms. The van der Waals surface area contributed by atoms with Crippen LogP contribution in [-0.2, 0) is 17.4 Å². The smallest absolute Gasteiger partial charge is 0.115 e. The number of nitrogens with zero attached hydrogens (tertiary/aromatic N) is 2. The van der Waals surface area contributed by atoms with E-state index in [2.05, 4.69) is 94.6 Å². The van der Waals surface area contributed by atoms with E-state index in [-0.39, 0.29) is 10.8 Å². The van der Waals surface area contributed by atoms with Crippen molar-refractivity contribution in [3.05, 3.63) is 65.5 Å². The minimum Gasteiger partial charge on any atom is -0.323 e. The molecule has 0 atom stereocenters. The predicted molar refractivity (Wildman–Crippen MR) is 103 cm³/mol. The van der Waals surface area contributed by atoms with E-state index in [4.69, 9.17) is 4.98 Å². The molecule has 2 heteroatoms. The van der Waals surface area contributed by atoms with E-state index in [1.807, 2.05) is 0 Å². The lowest BCUT2D eigenvalue weighted by molar-refractivity contribution is 0.516. The molecule has 0 saturated heterocycles. The molecule has 3 aromatic rings. The highest BCUT2D eigenvalue weighted by Gasteiger charge is 2.23. The number of hydrogen-bond donors (Lipinski definition) is 0. The molecule has 24 heavy (non-hydrogen) atoms. The van der Waals surface area contributed by atoms with Crippen molar-refractivity contribution in [1.82, 2.24) is 9.55 Å². The second kappa shape index (κ2) is 5.77. The normalized spacial score (nSPS) is 12.8. The lowest BCUT2D eigenvalue weighted by atomic mass is 9.87. The van der Waals surface area contributed by atoms with Crippen LogP contribution in [0.3, 0.4) is 0 Å². The zero-order valence-electron chi connectivity index (χ0n) is 15.7. The van der Waals surface area contributed by atoms with Gasteiger partial charge in [0.15, 0.2) is 0 Å². The second-order valence-electron chi connectivity index (χ2n) is 8.71. The molecule has 0 unspecified atom stereocenters. The molecular weight excluding hydrogens is 292 g/mol. The van der Waals surface area contributed by atoms with Crippen molar-refractivity contribution in [1.29, 1.82) is 0 Å². The Kier molecular flexibility index (Phi) is 4.03. The molecule has 1 aromatic heterocycles. The van der Waals surface area contributed by atoms with Crippen LogP contribution in [0.4, 0.5) is 0 Å². The van der Waals surface area contributed by atoms with Crippen molar-refractivity contribution >= 4 is 11.0 Å².